The lowest BCUT2D eigenvalue weighted by atomic mass is 9.81. The first-order valence-corrected chi connectivity index (χ1v) is 11.3. The van der Waals surface area contributed by atoms with E-state index >= 15 is 0 Å². The van der Waals surface area contributed by atoms with Crippen LogP contribution in [0.1, 0.15) is 61.9 Å². The van der Waals surface area contributed by atoms with Gasteiger partial charge < -0.3 is 25.4 Å². The molecule has 32 heavy (non-hydrogen) atoms. The predicted octanol–water partition coefficient (Wildman–Crippen LogP) is 2.00. The Morgan fingerprint density at radius 2 is 1.97 bits per heavy atom. The highest BCUT2D eigenvalue weighted by Gasteiger charge is 2.39. The van der Waals surface area contributed by atoms with Gasteiger partial charge in [0.15, 0.2) is 5.78 Å². The molecule has 1 heterocycles. The average molecular weight is 446 g/mol. The van der Waals surface area contributed by atoms with E-state index < -0.39 is 18.2 Å². The van der Waals surface area contributed by atoms with E-state index in [2.05, 4.69) is 17.6 Å². The molecule has 1 saturated heterocycles. The summed E-state index contributed by atoms with van der Waals surface area (Å²) in [6.07, 6.45) is 4.33. The van der Waals surface area contributed by atoms with Crippen LogP contribution in [-0.2, 0) is 20.9 Å². The average Bonchev–Trinajstić information content (AvgIpc) is 3.29. The highest BCUT2D eigenvalue weighted by molar-refractivity contribution is 5.99. The Balaban J connectivity index is 1.78. The molecule has 0 aromatic heterocycles. The lowest BCUT2D eigenvalue weighted by molar-refractivity contribution is -0.128. The number of amides is 2. The maximum absolute atomic E-state index is 13.2. The molecule has 1 saturated carbocycles. The number of Topliss-reactive ketones (excluding diaryl/α,β-unsaturated/α-hetero) is 1. The van der Waals surface area contributed by atoms with Crippen LogP contribution in [0.2, 0.25) is 0 Å². The molecule has 3 atom stereocenters. The Bertz CT molecular complexity index is 863. The highest BCUT2D eigenvalue weighted by atomic mass is 16.5. The smallest absolute Gasteiger partial charge is 0.251 e. The first-order valence-electron chi connectivity index (χ1n) is 11.3. The molecule has 1 aliphatic carbocycles. The summed E-state index contributed by atoms with van der Waals surface area (Å²) < 4.78 is 5.34. The zero-order valence-corrected chi connectivity index (χ0v) is 19.4. The molecular weight excluding hydrogens is 410 g/mol. The van der Waals surface area contributed by atoms with Crippen molar-refractivity contribution in [3.63, 3.8) is 0 Å². The van der Waals surface area contributed by atoms with E-state index in [4.69, 9.17) is 4.74 Å². The number of hydrogen-bond donors (Lipinski definition) is 3. The molecule has 0 radical (unpaired) electrons. The molecule has 2 fully saturated rings. The summed E-state index contributed by atoms with van der Waals surface area (Å²) >= 11 is 0. The fourth-order valence-electron chi connectivity index (χ4n) is 4.68. The van der Waals surface area contributed by atoms with Gasteiger partial charge in [-0.2, -0.15) is 0 Å². The third kappa shape index (κ3) is 5.86. The summed E-state index contributed by atoms with van der Waals surface area (Å²) in [5.74, 6) is -0.783. The first kappa shape index (κ1) is 24.2. The van der Waals surface area contributed by atoms with Gasteiger partial charge in [-0.1, -0.05) is 19.8 Å². The van der Waals surface area contributed by atoms with E-state index in [-0.39, 0.29) is 35.4 Å². The number of nitrogens with zero attached hydrogens (tertiary/aromatic N) is 1. The van der Waals surface area contributed by atoms with Crippen LogP contribution >= 0.6 is 0 Å². The zero-order valence-electron chi connectivity index (χ0n) is 19.4. The van der Waals surface area contributed by atoms with Crippen molar-refractivity contribution in [1.82, 2.24) is 15.5 Å². The predicted molar refractivity (Wildman–Crippen MR) is 120 cm³/mol. The van der Waals surface area contributed by atoms with Crippen LogP contribution in [0.15, 0.2) is 18.2 Å². The highest BCUT2D eigenvalue weighted by Crippen LogP contribution is 2.41. The first-order chi connectivity index (χ1) is 15.1. The molecule has 1 aliphatic heterocycles. The molecule has 3 rings (SSSR count). The topological polar surface area (TPSA) is 108 Å². The second kappa shape index (κ2) is 10.0. The van der Waals surface area contributed by atoms with Crippen LogP contribution in [0.25, 0.3) is 0 Å². The maximum atomic E-state index is 13.2. The number of hydrogen-bond acceptors (Lipinski definition) is 6. The zero-order chi connectivity index (χ0) is 23.5. The molecule has 1 aromatic carbocycles. The number of ketones is 1. The Kier molecular flexibility index (Phi) is 7.56. The summed E-state index contributed by atoms with van der Waals surface area (Å²) in [6, 6.07) is 3.23. The summed E-state index contributed by atoms with van der Waals surface area (Å²) in [5, 5.41) is 15.8. The van der Waals surface area contributed by atoms with E-state index in [1.54, 1.807) is 19.1 Å². The molecule has 0 spiro atoms. The van der Waals surface area contributed by atoms with Crippen LogP contribution in [0.3, 0.4) is 0 Å². The molecular formula is C24H35N3O5. The Labute approximate surface area is 189 Å². The van der Waals surface area contributed by atoms with E-state index in [0.717, 1.165) is 25.7 Å². The summed E-state index contributed by atoms with van der Waals surface area (Å²) in [4.78, 5) is 40.2. The molecule has 8 heteroatoms. The lowest BCUT2D eigenvalue weighted by Crippen LogP contribution is -2.54. The van der Waals surface area contributed by atoms with Crippen molar-refractivity contribution in [2.24, 2.45) is 5.41 Å². The maximum Gasteiger partial charge on any atom is 0.251 e. The standard InChI is InChI=1S/C24H35N3O5/c1-15-21(20(29)14-32-15)26-23(31)18(12-24(2)9-5-6-10-24)25-22(30)16-7-8-19(28)17(11-16)13-27(3)4/h7-8,11,15,18,21,28H,5-6,9-10,12-14H2,1-4H3,(H,25,30)(H,26,31)/t15-,18-,21-/m0/s1. The second-order valence-electron chi connectivity index (χ2n) is 9.80. The monoisotopic (exact) mass is 445 g/mol. The molecule has 0 unspecified atom stereocenters. The van der Waals surface area contributed by atoms with Crippen molar-refractivity contribution < 1.29 is 24.2 Å². The van der Waals surface area contributed by atoms with Gasteiger partial charge in [0.05, 0.1) is 6.10 Å². The van der Waals surface area contributed by atoms with Crippen molar-refractivity contribution in [3.05, 3.63) is 29.3 Å². The van der Waals surface area contributed by atoms with Gasteiger partial charge in [0.2, 0.25) is 5.91 Å². The van der Waals surface area contributed by atoms with Crippen LogP contribution in [0.5, 0.6) is 5.75 Å². The third-order valence-electron chi connectivity index (χ3n) is 6.56. The van der Waals surface area contributed by atoms with Crippen LogP contribution in [-0.4, -0.2) is 66.5 Å². The minimum absolute atomic E-state index is 0.0109. The van der Waals surface area contributed by atoms with Crippen LogP contribution in [0, 0.1) is 5.41 Å². The van der Waals surface area contributed by atoms with Crippen molar-refractivity contribution in [2.75, 3.05) is 20.7 Å². The number of phenols is 1. The number of rotatable bonds is 8. The fourth-order valence-corrected chi connectivity index (χ4v) is 4.68. The van der Waals surface area contributed by atoms with Gasteiger partial charge in [0.25, 0.3) is 5.91 Å². The molecule has 2 aliphatic rings. The molecule has 0 bridgehead atoms. The van der Waals surface area contributed by atoms with Crippen molar-refractivity contribution in [2.45, 2.75) is 70.7 Å². The Morgan fingerprint density at radius 3 is 2.56 bits per heavy atom. The number of ether oxygens (including phenoxy) is 1. The van der Waals surface area contributed by atoms with Crippen LogP contribution < -0.4 is 10.6 Å². The number of aromatic hydroxyl groups is 1. The van der Waals surface area contributed by atoms with Gasteiger partial charge in [-0.3, -0.25) is 14.4 Å². The van der Waals surface area contributed by atoms with Crippen molar-refractivity contribution >= 4 is 17.6 Å². The lowest BCUT2D eigenvalue weighted by Gasteiger charge is -2.30. The molecule has 1 aromatic rings. The Hall–Kier alpha value is -2.45. The van der Waals surface area contributed by atoms with Gasteiger partial charge >= 0.3 is 0 Å². The fraction of sp³-hybridized carbons (Fsp3) is 0.625. The van der Waals surface area contributed by atoms with Crippen LogP contribution in [0.4, 0.5) is 0 Å². The second-order valence-corrected chi connectivity index (χ2v) is 9.80. The molecule has 2 amide bonds. The minimum atomic E-state index is -0.766. The minimum Gasteiger partial charge on any atom is -0.508 e. The summed E-state index contributed by atoms with van der Waals surface area (Å²) in [5.41, 5.74) is 0.971. The van der Waals surface area contributed by atoms with E-state index in [1.165, 1.54) is 6.07 Å². The quantitative estimate of drug-likeness (QED) is 0.565. The number of benzene rings is 1. The molecule has 176 valence electrons. The van der Waals surface area contributed by atoms with Gasteiger partial charge in [-0.15, -0.1) is 0 Å². The normalized spacial score (nSPS) is 23.3. The third-order valence-corrected chi connectivity index (χ3v) is 6.56. The van der Waals surface area contributed by atoms with Crippen molar-refractivity contribution in [1.29, 1.82) is 0 Å². The van der Waals surface area contributed by atoms with Gasteiger partial charge in [0.1, 0.15) is 24.4 Å². The van der Waals surface area contributed by atoms with Gasteiger partial charge in [-0.05, 0) is 63.9 Å². The number of carbonyl (C=O) groups excluding carboxylic acids is 3. The molecule has 8 nitrogen and oxygen atoms in total. The van der Waals surface area contributed by atoms with E-state index in [1.807, 2.05) is 19.0 Å². The number of carbonyl (C=O) groups is 3. The summed E-state index contributed by atoms with van der Waals surface area (Å²) in [6.45, 7) is 4.37. The summed E-state index contributed by atoms with van der Waals surface area (Å²) in [7, 11) is 3.76. The number of nitrogens with one attached hydrogen (secondary N) is 2. The SMILES string of the molecule is C[C@@H]1OCC(=O)[C@H]1NC(=O)[C@H](CC1(C)CCCC1)NC(=O)c1ccc(O)c(CN(C)C)c1. The van der Waals surface area contributed by atoms with Gasteiger partial charge in [0, 0.05) is 17.7 Å². The van der Waals surface area contributed by atoms with Gasteiger partial charge in [-0.25, -0.2) is 0 Å². The molecule has 3 N–H and O–H groups in total. The van der Waals surface area contributed by atoms with E-state index in [9.17, 15) is 19.5 Å². The largest absolute Gasteiger partial charge is 0.508 e. The number of phenolic OH excluding ortho intramolecular Hbond substituents is 1. The van der Waals surface area contributed by atoms with Crippen molar-refractivity contribution in [3.8, 4) is 5.75 Å². The Morgan fingerprint density at radius 1 is 1.28 bits per heavy atom. The van der Waals surface area contributed by atoms with E-state index in [0.29, 0.717) is 24.1 Å².